The Balaban J connectivity index is 1.30. The summed E-state index contributed by atoms with van der Waals surface area (Å²) in [6.45, 7) is 1.51. The van der Waals surface area contributed by atoms with Gasteiger partial charge in [-0.2, -0.15) is 0 Å². The summed E-state index contributed by atoms with van der Waals surface area (Å²) in [5.41, 5.74) is 1.19. The highest BCUT2D eigenvalue weighted by atomic mass is 35.5. The predicted octanol–water partition coefficient (Wildman–Crippen LogP) is 2.14. The standard InChI is InChI=1S/C19H18ClN3O5SSi/c20-15-6-5-14(29-15)18(25)21-11-30-17-9-23(19(26)28-17)13-3-1-12(2-4-13)22-7-8-27-10-16(22)24/h1-6,17H,7-11H2,(H,21,25). The van der Waals surface area contributed by atoms with E-state index in [1.54, 1.807) is 34.1 Å². The van der Waals surface area contributed by atoms with Gasteiger partial charge >= 0.3 is 6.09 Å². The van der Waals surface area contributed by atoms with Crippen molar-refractivity contribution in [2.24, 2.45) is 0 Å². The molecule has 1 N–H and O–H groups in total. The van der Waals surface area contributed by atoms with Crippen molar-refractivity contribution in [3.63, 3.8) is 0 Å². The van der Waals surface area contributed by atoms with Crippen LogP contribution in [0.25, 0.3) is 0 Å². The zero-order valence-corrected chi connectivity index (χ0v) is 18.4. The maximum absolute atomic E-state index is 12.3. The Labute approximate surface area is 184 Å². The molecule has 2 radical (unpaired) electrons. The van der Waals surface area contributed by atoms with Crippen LogP contribution in [-0.4, -0.2) is 65.6 Å². The van der Waals surface area contributed by atoms with Gasteiger partial charge in [0.2, 0.25) is 0 Å². The van der Waals surface area contributed by atoms with E-state index in [4.69, 9.17) is 21.1 Å². The smallest absolute Gasteiger partial charge is 0.414 e. The van der Waals surface area contributed by atoms with Crippen molar-refractivity contribution in [2.45, 2.75) is 5.73 Å². The quantitative estimate of drug-likeness (QED) is 0.663. The molecule has 30 heavy (non-hydrogen) atoms. The molecule has 0 aliphatic carbocycles. The lowest BCUT2D eigenvalue weighted by Crippen LogP contribution is -2.41. The summed E-state index contributed by atoms with van der Waals surface area (Å²) in [6, 6.07) is 10.6. The maximum Gasteiger partial charge on any atom is 0.414 e. The fourth-order valence-electron chi connectivity index (χ4n) is 3.15. The molecule has 1 unspecified atom stereocenters. The molecule has 3 amide bonds. The number of carbonyl (C=O) groups excluding carboxylic acids is 3. The molecule has 1 atom stereocenters. The number of anilines is 2. The number of morpholine rings is 1. The van der Waals surface area contributed by atoms with Crippen LogP contribution in [0.2, 0.25) is 4.34 Å². The van der Waals surface area contributed by atoms with Gasteiger partial charge in [-0.3, -0.25) is 14.5 Å². The summed E-state index contributed by atoms with van der Waals surface area (Å²) in [6.07, 6.45) is -0.00263. The van der Waals surface area contributed by atoms with E-state index >= 15 is 0 Å². The maximum atomic E-state index is 12.3. The zero-order chi connectivity index (χ0) is 21.1. The molecule has 8 nitrogen and oxygen atoms in total. The summed E-state index contributed by atoms with van der Waals surface area (Å²) in [4.78, 5) is 40.1. The van der Waals surface area contributed by atoms with Crippen LogP contribution in [0.3, 0.4) is 0 Å². The third-order valence-electron chi connectivity index (χ3n) is 4.65. The Morgan fingerprint density at radius 2 is 1.90 bits per heavy atom. The number of ether oxygens (including phenoxy) is 2. The number of halogens is 1. The number of cyclic esters (lactones) is 1. The second kappa shape index (κ2) is 9.17. The number of benzene rings is 1. The first-order chi connectivity index (χ1) is 14.5. The highest BCUT2D eigenvalue weighted by Crippen LogP contribution is 2.25. The van der Waals surface area contributed by atoms with Gasteiger partial charge in [0.1, 0.15) is 21.9 Å². The van der Waals surface area contributed by atoms with Crippen molar-refractivity contribution in [1.82, 2.24) is 5.32 Å². The van der Waals surface area contributed by atoms with E-state index in [9.17, 15) is 14.4 Å². The normalized spacial score (nSPS) is 19.2. The van der Waals surface area contributed by atoms with Crippen LogP contribution in [0, 0.1) is 0 Å². The molecule has 0 saturated carbocycles. The lowest BCUT2D eigenvalue weighted by Gasteiger charge is -2.27. The number of hydrogen-bond acceptors (Lipinski definition) is 6. The van der Waals surface area contributed by atoms with Gasteiger partial charge in [0, 0.05) is 24.1 Å². The SMILES string of the molecule is O=C(NC[Si]C1CN(c2ccc(N3CCOCC3=O)cc2)C(=O)O1)c1ccc(Cl)s1. The number of thiophene rings is 1. The molecule has 2 fully saturated rings. The summed E-state index contributed by atoms with van der Waals surface area (Å²) < 4.78 is 11.1. The summed E-state index contributed by atoms with van der Waals surface area (Å²) in [5, 5.41) is 2.82. The van der Waals surface area contributed by atoms with E-state index in [1.165, 1.54) is 11.3 Å². The fraction of sp³-hybridized carbons (Fsp3) is 0.316. The first kappa shape index (κ1) is 20.9. The second-order valence-corrected chi connectivity index (χ2v) is 9.71. The van der Waals surface area contributed by atoms with E-state index in [-0.39, 0.29) is 33.7 Å². The molecule has 2 aromatic rings. The summed E-state index contributed by atoms with van der Waals surface area (Å²) in [5.74, 6) is -0.267. The number of rotatable bonds is 6. The average molecular weight is 464 g/mol. The van der Waals surface area contributed by atoms with Gasteiger partial charge in [-0.05, 0) is 36.4 Å². The van der Waals surface area contributed by atoms with Gasteiger partial charge in [-0.1, -0.05) is 11.6 Å². The van der Waals surface area contributed by atoms with Gasteiger partial charge in [-0.25, -0.2) is 4.79 Å². The highest BCUT2D eigenvalue weighted by molar-refractivity contribution is 7.18. The van der Waals surface area contributed by atoms with Crippen LogP contribution in [0.1, 0.15) is 9.67 Å². The topological polar surface area (TPSA) is 88.2 Å². The Bertz CT molecular complexity index is 954. The molecule has 0 bridgehead atoms. The molecule has 3 heterocycles. The number of amides is 3. The lowest BCUT2D eigenvalue weighted by molar-refractivity contribution is -0.125. The van der Waals surface area contributed by atoms with Crippen LogP contribution in [0.4, 0.5) is 16.2 Å². The largest absolute Gasteiger partial charge is 0.448 e. The second-order valence-electron chi connectivity index (χ2n) is 6.59. The van der Waals surface area contributed by atoms with E-state index in [2.05, 4.69) is 5.32 Å². The number of nitrogens with one attached hydrogen (secondary N) is 1. The first-order valence-corrected chi connectivity index (χ1v) is 11.7. The number of nitrogens with zero attached hydrogens (tertiary/aromatic N) is 2. The minimum Gasteiger partial charge on any atom is -0.448 e. The van der Waals surface area contributed by atoms with E-state index in [0.717, 1.165) is 5.69 Å². The fourth-order valence-corrected chi connectivity index (χ4v) is 5.10. The van der Waals surface area contributed by atoms with Crippen LogP contribution in [0.15, 0.2) is 36.4 Å². The predicted molar refractivity (Wildman–Crippen MR) is 115 cm³/mol. The van der Waals surface area contributed by atoms with Crippen LogP contribution < -0.4 is 15.1 Å². The third-order valence-corrected chi connectivity index (χ3v) is 7.01. The van der Waals surface area contributed by atoms with Crippen molar-refractivity contribution in [3.8, 4) is 0 Å². The summed E-state index contributed by atoms with van der Waals surface area (Å²) in [7, 11) is 0.233. The average Bonchev–Trinajstić information content (AvgIpc) is 3.34. The first-order valence-electron chi connectivity index (χ1n) is 9.24. The molecule has 4 rings (SSSR count). The molecule has 2 saturated heterocycles. The molecule has 11 heteroatoms. The van der Waals surface area contributed by atoms with Gasteiger partial charge in [0.15, 0.2) is 0 Å². The molecular formula is C19H18ClN3O5SSi. The van der Waals surface area contributed by atoms with Gasteiger partial charge in [0.25, 0.3) is 11.8 Å². The monoisotopic (exact) mass is 463 g/mol. The molecule has 0 spiro atoms. The molecule has 1 aromatic heterocycles. The van der Waals surface area contributed by atoms with Crippen LogP contribution in [0.5, 0.6) is 0 Å². The van der Waals surface area contributed by atoms with Crippen LogP contribution in [-0.2, 0) is 14.3 Å². The molecule has 2 aliphatic rings. The van der Waals surface area contributed by atoms with Gasteiger partial charge in [0.05, 0.1) is 22.4 Å². The lowest BCUT2D eigenvalue weighted by atomic mass is 10.2. The molecule has 1 aromatic carbocycles. The minimum absolute atomic E-state index is 0.0808. The van der Waals surface area contributed by atoms with Gasteiger partial charge < -0.3 is 19.7 Å². The molecular weight excluding hydrogens is 446 g/mol. The minimum atomic E-state index is -0.418. The van der Waals surface area contributed by atoms with Crippen LogP contribution >= 0.6 is 22.9 Å². The Hall–Kier alpha value is -2.40. The van der Waals surface area contributed by atoms with E-state index in [1.807, 2.05) is 12.1 Å². The number of hydrogen-bond donors (Lipinski definition) is 1. The van der Waals surface area contributed by atoms with E-state index < -0.39 is 6.09 Å². The van der Waals surface area contributed by atoms with Crippen molar-refractivity contribution >= 4 is 61.7 Å². The third kappa shape index (κ3) is 4.67. The molecule has 156 valence electrons. The Morgan fingerprint density at radius 1 is 1.17 bits per heavy atom. The van der Waals surface area contributed by atoms with Crippen molar-refractivity contribution in [1.29, 1.82) is 0 Å². The van der Waals surface area contributed by atoms with Crippen molar-refractivity contribution in [3.05, 3.63) is 45.6 Å². The Morgan fingerprint density at radius 3 is 2.57 bits per heavy atom. The van der Waals surface area contributed by atoms with Gasteiger partial charge in [-0.15, -0.1) is 11.3 Å². The van der Waals surface area contributed by atoms with E-state index in [0.29, 0.717) is 40.8 Å². The molecule has 2 aliphatic heterocycles. The Kier molecular flexibility index (Phi) is 6.37. The number of carbonyl (C=O) groups is 3. The highest BCUT2D eigenvalue weighted by Gasteiger charge is 2.32. The van der Waals surface area contributed by atoms with Crippen molar-refractivity contribution in [2.75, 3.05) is 42.3 Å². The summed E-state index contributed by atoms with van der Waals surface area (Å²) >= 11 is 7.07. The van der Waals surface area contributed by atoms with Crippen molar-refractivity contribution < 1.29 is 23.9 Å². The zero-order valence-electron chi connectivity index (χ0n) is 15.8.